The van der Waals surface area contributed by atoms with E-state index in [2.05, 4.69) is 10.6 Å². The Balaban J connectivity index is 2.47. The quantitative estimate of drug-likeness (QED) is 0.402. The van der Waals surface area contributed by atoms with Gasteiger partial charge in [-0.15, -0.1) is 0 Å². The number of aliphatic hydroxyl groups is 2. The van der Waals surface area contributed by atoms with Crippen LogP contribution in [-0.2, 0) is 14.3 Å². The Morgan fingerprint density at radius 3 is 2.22 bits per heavy atom. The lowest BCUT2D eigenvalue weighted by Crippen LogP contribution is -2.54. The van der Waals surface area contributed by atoms with Crippen LogP contribution < -0.4 is 10.6 Å². The Labute approximate surface area is 216 Å². The lowest BCUT2D eigenvalue weighted by atomic mass is 10.0. The zero-order valence-corrected chi connectivity index (χ0v) is 21.9. The lowest BCUT2D eigenvalue weighted by molar-refractivity contribution is -0.142. The van der Waals surface area contributed by atoms with Gasteiger partial charge in [-0.05, 0) is 51.8 Å². The first-order valence-electron chi connectivity index (χ1n) is 11.5. The minimum absolute atomic E-state index is 0.237. The Morgan fingerprint density at radius 1 is 1.06 bits per heavy atom. The summed E-state index contributed by atoms with van der Waals surface area (Å²) in [5.74, 6) is -1.35. The maximum absolute atomic E-state index is 13.6. The van der Waals surface area contributed by atoms with Crippen LogP contribution in [0.1, 0.15) is 43.5 Å². The molecule has 0 saturated carbocycles. The third kappa shape index (κ3) is 7.94. The number of carbonyl (C=O) groups is 3. The summed E-state index contributed by atoms with van der Waals surface area (Å²) >= 11 is 6.30. The van der Waals surface area contributed by atoms with Crippen molar-refractivity contribution in [1.82, 2.24) is 10.2 Å². The number of aliphatic hydroxyl groups excluding tert-OH is 2. The first kappa shape index (κ1) is 29.1. The third-order valence-corrected chi connectivity index (χ3v) is 5.53. The van der Waals surface area contributed by atoms with Gasteiger partial charge in [-0.2, -0.15) is 0 Å². The summed E-state index contributed by atoms with van der Waals surface area (Å²) in [5, 5.41) is 25.1. The molecule has 4 N–H and O–H groups in total. The molecule has 0 aliphatic carbocycles. The van der Waals surface area contributed by atoms with Crippen LogP contribution in [0.2, 0.25) is 5.02 Å². The number of hydrogen-bond donors (Lipinski definition) is 4. The van der Waals surface area contributed by atoms with Gasteiger partial charge in [0.15, 0.2) is 0 Å². The van der Waals surface area contributed by atoms with Crippen LogP contribution in [0.15, 0.2) is 42.5 Å². The maximum Gasteiger partial charge on any atom is 0.408 e. The first-order chi connectivity index (χ1) is 16.9. The van der Waals surface area contributed by atoms with Crippen LogP contribution in [0.4, 0.5) is 10.5 Å². The van der Waals surface area contributed by atoms with E-state index < -0.39 is 48.8 Å². The molecule has 9 nitrogen and oxygen atoms in total. The number of aryl methyl sites for hydroxylation is 2. The molecule has 2 aromatic carbocycles. The molecule has 0 heterocycles. The highest BCUT2D eigenvalue weighted by Gasteiger charge is 2.36. The van der Waals surface area contributed by atoms with Gasteiger partial charge in [-0.3, -0.25) is 9.59 Å². The van der Waals surface area contributed by atoms with Crippen molar-refractivity contribution >= 4 is 35.2 Å². The Morgan fingerprint density at radius 2 is 1.69 bits per heavy atom. The fourth-order valence-electron chi connectivity index (χ4n) is 3.51. The highest BCUT2D eigenvalue weighted by Crippen LogP contribution is 2.29. The molecule has 2 atom stereocenters. The summed E-state index contributed by atoms with van der Waals surface area (Å²) in [7, 11) is 0. The fourth-order valence-corrected chi connectivity index (χ4v) is 3.78. The second-order valence-electron chi connectivity index (χ2n) is 9.37. The van der Waals surface area contributed by atoms with Crippen LogP contribution in [0.3, 0.4) is 0 Å². The van der Waals surface area contributed by atoms with Crippen molar-refractivity contribution in [3.05, 3.63) is 64.2 Å². The van der Waals surface area contributed by atoms with Gasteiger partial charge in [0.1, 0.15) is 17.7 Å². The number of halogens is 1. The van der Waals surface area contributed by atoms with Crippen molar-refractivity contribution in [3.63, 3.8) is 0 Å². The zero-order chi connectivity index (χ0) is 27.0. The van der Waals surface area contributed by atoms with Gasteiger partial charge >= 0.3 is 6.09 Å². The molecule has 36 heavy (non-hydrogen) atoms. The molecule has 0 spiro atoms. The van der Waals surface area contributed by atoms with Gasteiger partial charge in [0.2, 0.25) is 5.91 Å². The van der Waals surface area contributed by atoms with Gasteiger partial charge in [0, 0.05) is 6.54 Å². The average molecular weight is 520 g/mol. The van der Waals surface area contributed by atoms with Crippen molar-refractivity contribution in [3.8, 4) is 0 Å². The number of anilines is 1. The van der Waals surface area contributed by atoms with E-state index in [0.29, 0.717) is 16.3 Å². The molecule has 0 saturated heterocycles. The summed E-state index contributed by atoms with van der Waals surface area (Å²) in [5.41, 5.74) is 1.70. The van der Waals surface area contributed by atoms with Crippen molar-refractivity contribution < 1.29 is 29.3 Å². The summed E-state index contributed by atoms with van der Waals surface area (Å²) in [6.07, 6.45) is -0.901. The highest BCUT2D eigenvalue weighted by molar-refractivity contribution is 6.34. The van der Waals surface area contributed by atoms with Gasteiger partial charge in [-0.25, -0.2) is 4.79 Å². The van der Waals surface area contributed by atoms with Crippen LogP contribution >= 0.6 is 11.6 Å². The molecular formula is C26H34ClN3O6. The molecule has 0 fully saturated rings. The van der Waals surface area contributed by atoms with Crippen LogP contribution in [0.5, 0.6) is 0 Å². The molecule has 0 bridgehead atoms. The second kappa shape index (κ2) is 12.7. The Hall–Kier alpha value is -3.14. The standard InChI is InChI=1S/C26H34ClN3O6/c1-16-9-11-18(12-10-16)22(23(33)29-21-17(2)7-6-8-19(21)27)30(13-14-31)24(34)20(15-32)28-25(35)36-26(3,4)5/h6-12,20,22,31-32H,13-15H2,1-5H3,(H,28,35)(H,29,33). The molecule has 2 aromatic rings. The zero-order valence-electron chi connectivity index (χ0n) is 21.2. The van der Waals surface area contributed by atoms with Gasteiger partial charge < -0.3 is 30.5 Å². The minimum Gasteiger partial charge on any atom is -0.444 e. The molecule has 2 unspecified atom stereocenters. The predicted molar refractivity (Wildman–Crippen MR) is 138 cm³/mol. The van der Waals surface area contributed by atoms with Crippen LogP contribution in [0, 0.1) is 13.8 Å². The second-order valence-corrected chi connectivity index (χ2v) is 9.78. The number of alkyl carbamates (subject to hydrolysis) is 1. The van der Waals surface area contributed by atoms with E-state index in [9.17, 15) is 24.6 Å². The summed E-state index contributed by atoms with van der Waals surface area (Å²) < 4.78 is 5.20. The number of ether oxygens (including phenoxy) is 1. The molecule has 2 rings (SSSR count). The monoisotopic (exact) mass is 519 g/mol. The van der Waals surface area contributed by atoms with Crippen LogP contribution in [-0.4, -0.2) is 64.4 Å². The number of carbonyl (C=O) groups excluding carboxylic acids is 3. The summed E-state index contributed by atoms with van der Waals surface area (Å²) in [6.45, 7) is 7.21. The van der Waals surface area contributed by atoms with E-state index in [0.717, 1.165) is 16.0 Å². The van der Waals surface area contributed by atoms with Crippen molar-refractivity contribution in [2.45, 2.75) is 52.3 Å². The molecule has 196 valence electrons. The number of para-hydroxylation sites is 1. The normalized spacial score (nSPS) is 12.9. The van der Waals surface area contributed by atoms with Gasteiger partial charge in [0.05, 0.1) is 23.9 Å². The fraction of sp³-hybridized carbons (Fsp3) is 0.423. The number of benzene rings is 2. The van der Waals surface area contributed by atoms with Crippen LogP contribution in [0.25, 0.3) is 0 Å². The molecule has 10 heteroatoms. The topological polar surface area (TPSA) is 128 Å². The van der Waals surface area contributed by atoms with E-state index in [1.54, 1.807) is 70.2 Å². The highest BCUT2D eigenvalue weighted by atomic mass is 35.5. The number of amides is 3. The number of nitrogens with one attached hydrogen (secondary N) is 2. The number of rotatable bonds is 9. The lowest BCUT2D eigenvalue weighted by Gasteiger charge is -2.34. The summed E-state index contributed by atoms with van der Waals surface area (Å²) in [4.78, 5) is 40.5. The molecule has 0 aliphatic heterocycles. The van der Waals surface area contributed by atoms with E-state index in [4.69, 9.17) is 16.3 Å². The van der Waals surface area contributed by atoms with E-state index >= 15 is 0 Å². The average Bonchev–Trinajstić information content (AvgIpc) is 2.79. The third-order valence-electron chi connectivity index (χ3n) is 5.22. The summed E-state index contributed by atoms with van der Waals surface area (Å²) in [6, 6.07) is 9.55. The van der Waals surface area contributed by atoms with E-state index in [-0.39, 0.29) is 6.54 Å². The number of hydrogen-bond acceptors (Lipinski definition) is 6. The van der Waals surface area contributed by atoms with Crippen molar-refractivity contribution in [1.29, 1.82) is 0 Å². The van der Waals surface area contributed by atoms with Crippen molar-refractivity contribution in [2.24, 2.45) is 0 Å². The molecular weight excluding hydrogens is 486 g/mol. The molecule has 3 amide bonds. The van der Waals surface area contributed by atoms with E-state index in [1.807, 2.05) is 6.92 Å². The molecule has 0 radical (unpaired) electrons. The molecule has 0 aliphatic rings. The van der Waals surface area contributed by atoms with E-state index in [1.165, 1.54) is 0 Å². The van der Waals surface area contributed by atoms with Gasteiger partial charge in [-0.1, -0.05) is 53.6 Å². The Bertz CT molecular complexity index is 1050. The molecule has 0 aromatic heterocycles. The first-order valence-corrected chi connectivity index (χ1v) is 11.9. The number of nitrogens with zero attached hydrogens (tertiary/aromatic N) is 1. The Kier molecular flexibility index (Phi) is 10.3. The van der Waals surface area contributed by atoms with Crippen molar-refractivity contribution in [2.75, 3.05) is 25.1 Å². The SMILES string of the molecule is Cc1ccc(C(C(=O)Nc2c(C)cccc2Cl)N(CCO)C(=O)C(CO)NC(=O)OC(C)(C)C)cc1. The largest absolute Gasteiger partial charge is 0.444 e. The smallest absolute Gasteiger partial charge is 0.408 e. The maximum atomic E-state index is 13.6. The van der Waals surface area contributed by atoms with Gasteiger partial charge in [0.25, 0.3) is 5.91 Å². The predicted octanol–water partition coefficient (Wildman–Crippen LogP) is 3.34. The minimum atomic E-state index is -1.41.